The van der Waals surface area contributed by atoms with Gasteiger partial charge in [0.25, 0.3) is 0 Å². The van der Waals surface area contributed by atoms with Crippen molar-refractivity contribution in [2.75, 3.05) is 13.2 Å². The van der Waals surface area contributed by atoms with Gasteiger partial charge < -0.3 is 10.4 Å². The number of rotatable bonds is 5. The second-order valence-corrected chi connectivity index (χ2v) is 3.37. The first-order chi connectivity index (χ1) is 5.43. The Bertz CT molecular complexity index is 89.6. The molecule has 66 valence electrons. The average molecular weight is 157 g/mol. The first-order valence-electron chi connectivity index (χ1n) is 4.77. The van der Waals surface area contributed by atoms with Gasteiger partial charge in [0, 0.05) is 12.6 Å². The average Bonchev–Trinajstić information content (AvgIpc) is 2.50. The molecule has 0 aliphatic carbocycles. The van der Waals surface area contributed by atoms with E-state index >= 15 is 0 Å². The summed E-state index contributed by atoms with van der Waals surface area (Å²) in [7, 11) is 0. The van der Waals surface area contributed by atoms with Crippen LogP contribution in [-0.4, -0.2) is 24.3 Å². The van der Waals surface area contributed by atoms with Crippen LogP contribution < -0.4 is 5.32 Å². The molecular formula is C9H19NO. The van der Waals surface area contributed by atoms with Gasteiger partial charge in [-0.3, -0.25) is 0 Å². The summed E-state index contributed by atoms with van der Waals surface area (Å²) >= 11 is 0. The molecule has 1 fully saturated rings. The molecule has 11 heavy (non-hydrogen) atoms. The molecule has 1 aliphatic rings. The normalized spacial score (nSPS) is 24.3. The van der Waals surface area contributed by atoms with Crippen LogP contribution in [0.5, 0.6) is 0 Å². The molecule has 0 amide bonds. The molecule has 1 heterocycles. The maximum absolute atomic E-state index is 8.54. The first kappa shape index (κ1) is 9.01. The van der Waals surface area contributed by atoms with E-state index in [9.17, 15) is 0 Å². The molecule has 0 spiro atoms. The van der Waals surface area contributed by atoms with Crippen molar-refractivity contribution in [2.24, 2.45) is 0 Å². The lowest BCUT2D eigenvalue weighted by Crippen LogP contribution is -2.20. The highest BCUT2D eigenvalue weighted by Gasteiger charge is 2.12. The number of aliphatic hydroxyl groups is 1. The highest BCUT2D eigenvalue weighted by molar-refractivity contribution is 4.73. The van der Waals surface area contributed by atoms with Crippen LogP contribution >= 0.6 is 0 Å². The number of hydrogen-bond donors (Lipinski definition) is 2. The molecule has 1 atom stereocenters. The van der Waals surface area contributed by atoms with E-state index in [4.69, 9.17) is 5.11 Å². The van der Waals surface area contributed by atoms with Crippen molar-refractivity contribution in [3.8, 4) is 0 Å². The molecule has 1 aliphatic heterocycles. The van der Waals surface area contributed by atoms with Gasteiger partial charge >= 0.3 is 0 Å². The van der Waals surface area contributed by atoms with Crippen molar-refractivity contribution in [3.63, 3.8) is 0 Å². The number of hydrogen-bond acceptors (Lipinski definition) is 2. The lowest BCUT2D eigenvalue weighted by molar-refractivity contribution is 0.281. The van der Waals surface area contributed by atoms with Crippen LogP contribution in [0.1, 0.15) is 38.5 Å². The van der Waals surface area contributed by atoms with E-state index in [2.05, 4.69) is 5.32 Å². The zero-order chi connectivity index (χ0) is 7.94. The molecule has 1 unspecified atom stereocenters. The highest BCUT2D eigenvalue weighted by Crippen LogP contribution is 2.12. The van der Waals surface area contributed by atoms with E-state index in [0.717, 1.165) is 12.5 Å². The Balaban J connectivity index is 1.86. The van der Waals surface area contributed by atoms with Crippen molar-refractivity contribution in [1.29, 1.82) is 0 Å². The molecule has 1 rings (SSSR count). The highest BCUT2D eigenvalue weighted by atomic mass is 16.2. The van der Waals surface area contributed by atoms with Gasteiger partial charge in [0.15, 0.2) is 0 Å². The number of unbranched alkanes of at least 4 members (excludes halogenated alkanes) is 2. The predicted octanol–water partition coefficient (Wildman–Crippen LogP) is 1.29. The molecule has 0 aromatic heterocycles. The van der Waals surface area contributed by atoms with E-state index in [1.807, 2.05) is 0 Å². The van der Waals surface area contributed by atoms with Crippen LogP contribution in [-0.2, 0) is 0 Å². The fraction of sp³-hybridized carbons (Fsp3) is 1.00. The lowest BCUT2D eigenvalue weighted by Gasteiger charge is -2.08. The summed E-state index contributed by atoms with van der Waals surface area (Å²) in [4.78, 5) is 0. The third kappa shape index (κ3) is 3.73. The third-order valence-corrected chi connectivity index (χ3v) is 2.37. The smallest absolute Gasteiger partial charge is 0.0431 e. The van der Waals surface area contributed by atoms with Crippen molar-refractivity contribution in [1.82, 2.24) is 5.32 Å². The zero-order valence-electron chi connectivity index (χ0n) is 7.18. The summed E-state index contributed by atoms with van der Waals surface area (Å²) in [5.41, 5.74) is 0. The minimum Gasteiger partial charge on any atom is -0.396 e. The largest absolute Gasteiger partial charge is 0.396 e. The van der Waals surface area contributed by atoms with Crippen LogP contribution in [0.3, 0.4) is 0 Å². The van der Waals surface area contributed by atoms with Gasteiger partial charge in [-0.1, -0.05) is 12.8 Å². The maximum Gasteiger partial charge on any atom is 0.0431 e. The standard InChI is InChI=1S/C9H19NO/c11-8-3-1-2-5-9-6-4-7-10-9/h9-11H,1-8H2. The van der Waals surface area contributed by atoms with Crippen LogP contribution in [0, 0.1) is 0 Å². The third-order valence-electron chi connectivity index (χ3n) is 2.37. The quantitative estimate of drug-likeness (QED) is 0.589. The Kier molecular flexibility index (Phi) is 4.55. The van der Waals surface area contributed by atoms with Gasteiger partial charge in [-0.15, -0.1) is 0 Å². The number of aliphatic hydroxyl groups excluding tert-OH is 1. The summed E-state index contributed by atoms with van der Waals surface area (Å²) in [6, 6.07) is 0.786. The summed E-state index contributed by atoms with van der Waals surface area (Å²) in [6.45, 7) is 1.57. The second kappa shape index (κ2) is 5.56. The molecule has 1 saturated heterocycles. The van der Waals surface area contributed by atoms with Gasteiger partial charge in [-0.2, -0.15) is 0 Å². The van der Waals surface area contributed by atoms with Crippen molar-refractivity contribution < 1.29 is 5.11 Å². The molecule has 0 saturated carbocycles. The Morgan fingerprint density at radius 3 is 2.82 bits per heavy atom. The second-order valence-electron chi connectivity index (χ2n) is 3.37. The van der Waals surface area contributed by atoms with E-state index < -0.39 is 0 Å². The fourth-order valence-electron chi connectivity index (χ4n) is 1.68. The first-order valence-corrected chi connectivity index (χ1v) is 4.77. The van der Waals surface area contributed by atoms with Gasteiger partial charge in [0.1, 0.15) is 0 Å². The molecule has 0 bridgehead atoms. The fourth-order valence-corrected chi connectivity index (χ4v) is 1.68. The van der Waals surface area contributed by atoms with Gasteiger partial charge in [0.05, 0.1) is 0 Å². The molecule has 0 aromatic rings. The Hall–Kier alpha value is -0.0800. The van der Waals surface area contributed by atoms with E-state index in [0.29, 0.717) is 6.61 Å². The zero-order valence-corrected chi connectivity index (χ0v) is 7.18. The minimum atomic E-state index is 0.359. The molecule has 0 radical (unpaired) electrons. The van der Waals surface area contributed by atoms with Gasteiger partial charge in [0.2, 0.25) is 0 Å². The Morgan fingerprint density at radius 1 is 1.27 bits per heavy atom. The van der Waals surface area contributed by atoms with E-state index in [-0.39, 0.29) is 0 Å². The number of nitrogens with one attached hydrogen (secondary N) is 1. The molecule has 2 nitrogen and oxygen atoms in total. The monoisotopic (exact) mass is 157 g/mol. The Labute approximate surface area is 69.0 Å². The van der Waals surface area contributed by atoms with Crippen LogP contribution in [0.25, 0.3) is 0 Å². The predicted molar refractivity (Wildman–Crippen MR) is 46.6 cm³/mol. The molecule has 0 aromatic carbocycles. The molecular weight excluding hydrogens is 138 g/mol. The van der Waals surface area contributed by atoms with Crippen LogP contribution in [0.4, 0.5) is 0 Å². The van der Waals surface area contributed by atoms with Gasteiger partial charge in [-0.25, -0.2) is 0 Å². The van der Waals surface area contributed by atoms with Gasteiger partial charge in [-0.05, 0) is 32.2 Å². The SMILES string of the molecule is OCCCCCC1CCCN1. The van der Waals surface area contributed by atoms with Crippen molar-refractivity contribution in [2.45, 2.75) is 44.6 Å². The van der Waals surface area contributed by atoms with Crippen molar-refractivity contribution >= 4 is 0 Å². The molecule has 2 heteroatoms. The lowest BCUT2D eigenvalue weighted by atomic mass is 10.1. The summed E-state index contributed by atoms with van der Waals surface area (Å²) in [5, 5.41) is 12.0. The van der Waals surface area contributed by atoms with Crippen molar-refractivity contribution in [3.05, 3.63) is 0 Å². The van der Waals surface area contributed by atoms with E-state index in [1.54, 1.807) is 0 Å². The van der Waals surface area contributed by atoms with Crippen LogP contribution in [0.15, 0.2) is 0 Å². The summed E-state index contributed by atoms with van der Waals surface area (Å²) in [5.74, 6) is 0. The summed E-state index contributed by atoms with van der Waals surface area (Å²) in [6.07, 6.45) is 7.46. The van der Waals surface area contributed by atoms with Crippen LogP contribution in [0.2, 0.25) is 0 Å². The Morgan fingerprint density at radius 2 is 2.18 bits per heavy atom. The molecule has 2 N–H and O–H groups in total. The topological polar surface area (TPSA) is 32.3 Å². The van der Waals surface area contributed by atoms with E-state index in [1.165, 1.54) is 38.6 Å². The maximum atomic E-state index is 8.54. The summed E-state index contributed by atoms with van der Waals surface area (Å²) < 4.78 is 0. The minimum absolute atomic E-state index is 0.359.